The topological polar surface area (TPSA) is 92.4 Å². The number of primary amides is 1. The van der Waals surface area contributed by atoms with Gasteiger partial charge in [-0.1, -0.05) is 12.1 Å². The molecule has 1 saturated heterocycles. The first-order chi connectivity index (χ1) is 13.7. The Kier molecular flexibility index (Phi) is 5.71. The molecule has 1 unspecified atom stereocenters. The van der Waals surface area contributed by atoms with E-state index in [1.807, 2.05) is 4.90 Å². The Morgan fingerprint density at radius 2 is 1.69 bits per heavy atom. The summed E-state index contributed by atoms with van der Waals surface area (Å²) in [5.74, 6) is -1.14. The number of halogens is 3. The third-order valence-corrected chi connectivity index (χ3v) is 4.90. The Morgan fingerprint density at radius 3 is 2.24 bits per heavy atom. The molecule has 1 fully saturated rings. The van der Waals surface area contributed by atoms with E-state index in [9.17, 15) is 22.8 Å². The molecule has 1 atom stereocenters. The highest BCUT2D eigenvalue weighted by Gasteiger charge is 2.36. The number of hydrogen-bond donors (Lipinski definition) is 1. The van der Waals surface area contributed by atoms with Crippen molar-refractivity contribution in [2.24, 2.45) is 5.73 Å². The lowest BCUT2D eigenvalue weighted by Crippen LogP contribution is -2.49. The molecule has 1 aliphatic rings. The van der Waals surface area contributed by atoms with Gasteiger partial charge in [-0.05, 0) is 31.2 Å². The molecule has 0 bridgehead atoms. The Bertz CT molecular complexity index is 893. The van der Waals surface area contributed by atoms with Crippen LogP contribution in [0.5, 0.6) is 0 Å². The van der Waals surface area contributed by atoms with E-state index in [0.29, 0.717) is 24.6 Å². The number of hydrogen-bond acceptors (Lipinski definition) is 5. The molecule has 7 nitrogen and oxygen atoms in total. The van der Waals surface area contributed by atoms with Gasteiger partial charge in [-0.2, -0.15) is 18.3 Å². The third-order valence-electron chi connectivity index (χ3n) is 4.90. The van der Waals surface area contributed by atoms with Crippen LogP contribution in [0.3, 0.4) is 0 Å². The van der Waals surface area contributed by atoms with E-state index < -0.39 is 29.5 Å². The zero-order valence-electron chi connectivity index (χ0n) is 15.7. The molecule has 1 aliphatic heterocycles. The summed E-state index contributed by atoms with van der Waals surface area (Å²) in [7, 11) is 0. The fourth-order valence-electron chi connectivity index (χ4n) is 3.11. The van der Waals surface area contributed by atoms with Crippen LogP contribution >= 0.6 is 0 Å². The van der Waals surface area contributed by atoms with Gasteiger partial charge in [-0.3, -0.25) is 9.59 Å². The number of alkyl halides is 3. The highest BCUT2D eigenvalue weighted by atomic mass is 19.4. The van der Waals surface area contributed by atoms with Gasteiger partial charge in [-0.25, -0.2) is 0 Å². The van der Waals surface area contributed by atoms with Gasteiger partial charge in [0.15, 0.2) is 5.82 Å². The standard InChI is InChI=1S/C19H20F3N5O2/c1-12(17(23)28)15-6-7-16(25-24-15)26-8-10-27(11-9-26)18(29)13-4-2-3-5-14(13)19(20,21)22/h2-7,12H,8-11H2,1H3,(H2,23,28). The lowest BCUT2D eigenvalue weighted by atomic mass is 10.1. The lowest BCUT2D eigenvalue weighted by molar-refractivity contribution is -0.138. The molecule has 2 aromatic rings. The number of anilines is 1. The molecule has 3 rings (SSSR count). The first-order valence-corrected chi connectivity index (χ1v) is 9.02. The van der Waals surface area contributed by atoms with Crippen LogP contribution in [0.15, 0.2) is 36.4 Å². The zero-order valence-corrected chi connectivity index (χ0v) is 15.7. The van der Waals surface area contributed by atoms with Crippen molar-refractivity contribution < 1.29 is 22.8 Å². The van der Waals surface area contributed by atoms with Crippen LogP contribution in [0.1, 0.15) is 34.5 Å². The van der Waals surface area contributed by atoms with Crippen molar-refractivity contribution in [2.45, 2.75) is 19.0 Å². The van der Waals surface area contributed by atoms with Crippen molar-refractivity contribution >= 4 is 17.6 Å². The van der Waals surface area contributed by atoms with Crippen molar-refractivity contribution in [2.75, 3.05) is 31.1 Å². The maximum absolute atomic E-state index is 13.2. The molecule has 0 saturated carbocycles. The van der Waals surface area contributed by atoms with Crippen LogP contribution in [0, 0.1) is 0 Å². The maximum atomic E-state index is 13.2. The van der Waals surface area contributed by atoms with E-state index in [2.05, 4.69) is 10.2 Å². The molecule has 2 amide bonds. The smallest absolute Gasteiger partial charge is 0.369 e. The number of carbonyl (C=O) groups excluding carboxylic acids is 2. The first kappa shape index (κ1) is 20.6. The van der Waals surface area contributed by atoms with E-state index in [1.165, 1.54) is 23.1 Å². The number of carbonyl (C=O) groups is 2. The predicted octanol–water partition coefficient (Wildman–Crippen LogP) is 2.05. The van der Waals surface area contributed by atoms with Gasteiger partial charge in [0, 0.05) is 26.2 Å². The second kappa shape index (κ2) is 8.06. The van der Waals surface area contributed by atoms with Gasteiger partial charge < -0.3 is 15.5 Å². The van der Waals surface area contributed by atoms with Crippen molar-refractivity contribution in [3.63, 3.8) is 0 Å². The summed E-state index contributed by atoms with van der Waals surface area (Å²) in [4.78, 5) is 27.1. The molecule has 2 heterocycles. The summed E-state index contributed by atoms with van der Waals surface area (Å²) in [6.45, 7) is 2.95. The van der Waals surface area contributed by atoms with Gasteiger partial charge in [0.2, 0.25) is 5.91 Å². The fraction of sp³-hybridized carbons (Fsp3) is 0.368. The monoisotopic (exact) mass is 407 g/mol. The highest BCUT2D eigenvalue weighted by Crippen LogP contribution is 2.32. The molecule has 0 aliphatic carbocycles. The number of nitrogens with two attached hydrogens (primary N) is 1. The van der Waals surface area contributed by atoms with Gasteiger partial charge in [0.25, 0.3) is 5.91 Å². The normalized spacial score (nSPS) is 15.9. The molecular weight excluding hydrogens is 387 g/mol. The summed E-state index contributed by atoms with van der Waals surface area (Å²) in [5.41, 5.74) is 4.43. The van der Waals surface area contributed by atoms with Crippen molar-refractivity contribution in [3.8, 4) is 0 Å². The average Bonchev–Trinajstić information content (AvgIpc) is 2.72. The minimum absolute atomic E-state index is 0.256. The minimum atomic E-state index is -4.59. The third kappa shape index (κ3) is 4.47. The Labute approximate surface area is 165 Å². The largest absolute Gasteiger partial charge is 0.417 e. The van der Waals surface area contributed by atoms with Gasteiger partial charge >= 0.3 is 6.18 Å². The Balaban J connectivity index is 1.67. The number of nitrogens with zero attached hydrogens (tertiary/aromatic N) is 4. The molecular formula is C19H20F3N5O2. The number of piperazine rings is 1. The average molecular weight is 407 g/mol. The summed E-state index contributed by atoms with van der Waals surface area (Å²) >= 11 is 0. The van der Waals surface area contributed by atoms with Crippen LogP contribution < -0.4 is 10.6 Å². The molecule has 1 aromatic carbocycles. The van der Waals surface area contributed by atoms with Crippen LogP contribution in [0.25, 0.3) is 0 Å². The van der Waals surface area contributed by atoms with E-state index in [4.69, 9.17) is 5.73 Å². The summed E-state index contributed by atoms with van der Waals surface area (Å²) in [6, 6.07) is 8.16. The second-order valence-electron chi connectivity index (χ2n) is 6.76. The summed E-state index contributed by atoms with van der Waals surface area (Å²) in [5, 5.41) is 8.11. The molecule has 154 valence electrons. The SMILES string of the molecule is CC(C(N)=O)c1ccc(N2CCN(C(=O)c3ccccc3C(F)(F)F)CC2)nn1. The molecule has 1 aromatic heterocycles. The molecule has 2 N–H and O–H groups in total. The minimum Gasteiger partial charge on any atom is -0.369 e. The number of aromatic nitrogens is 2. The highest BCUT2D eigenvalue weighted by molar-refractivity contribution is 5.96. The van der Waals surface area contributed by atoms with Crippen molar-refractivity contribution in [3.05, 3.63) is 53.2 Å². The van der Waals surface area contributed by atoms with Crippen molar-refractivity contribution in [1.82, 2.24) is 15.1 Å². The second-order valence-corrected chi connectivity index (χ2v) is 6.76. The summed E-state index contributed by atoms with van der Waals surface area (Å²) in [6.07, 6.45) is -4.59. The Morgan fingerprint density at radius 1 is 1.03 bits per heavy atom. The summed E-state index contributed by atoms with van der Waals surface area (Å²) < 4.78 is 39.5. The molecule has 0 spiro atoms. The van der Waals surface area contributed by atoms with Gasteiger partial charge in [0.05, 0.1) is 22.7 Å². The van der Waals surface area contributed by atoms with Crippen LogP contribution in [0.2, 0.25) is 0 Å². The van der Waals surface area contributed by atoms with E-state index in [0.717, 1.165) is 6.07 Å². The maximum Gasteiger partial charge on any atom is 0.417 e. The predicted molar refractivity (Wildman–Crippen MR) is 99.2 cm³/mol. The molecule has 29 heavy (non-hydrogen) atoms. The first-order valence-electron chi connectivity index (χ1n) is 9.02. The van der Waals surface area contributed by atoms with Gasteiger partial charge in [0.1, 0.15) is 0 Å². The Hall–Kier alpha value is -3.17. The fourth-order valence-corrected chi connectivity index (χ4v) is 3.11. The zero-order chi connectivity index (χ0) is 21.2. The quantitative estimate of drug-likeness (QED) is 0.838. The van der Waals surface area contributed by atoms with E-state index >= 15 is 0 Å². The van der Waals surface area contributed by atoms with Crippen LogP contribution in [-0.4, -0.2) is 53.1 Å². The number of rotatable bonds is 4. The van der Waals surface area contributed by atoms with E-state index in [-0.39, 0.29) is 18.7 Å². The molecule has 10 heteroatoms. The van der Waals surface area contributed by atoms with Crippen molar-refractivity contribution in [1.29, 1.82) is 0 Å². The van der Waals surface area contributed by atoms with E-state index in [1.54, 1.807) is 19.1 Å². The van der Waals surface area contributed by atoms with Crippen LogP contribution in [-0.2, 0) is 11.0 Å². The van der Waals surface area contributed by atoms with Gasteiger partial charge in [-0.15, -0.1) is 5.10 Å². The number of amides is 2. The van der Waals surface area contributed by atoms with Crippen LogP contribution in [0.4, 0.5) is 19.0 Å². The number of benzene rings is 1. The molecule has 0 radical (unpaired) electrons. The lowest BCUT2D eigenvalue weighted by Gasteiger charge is -2.35.